The van der Waals surface area contributed by atoms with Crippen LogP contribution in [-0.4, -0.2) is 42.5 Å². The fourth-order valence-electron chi connectivity index (χ4n) is 3.51. The third-order valence-corrected chi connectivity index (χ3v) is 4.90. The van der Waals surface area contributed by atoms with Gasteiger partial charge in [0.05, 0.1) is 17.3 Å². The molecule has 2 aliphatic heterocycles. The number of piperazine rings is 1. The van der Waals surface area contributed by atoms with E-state index in [4.69, 9.17) is 4.74 Å². The third kappa shape index (κ3) is 3.26. The van der Waals surface area contributed by atoms with Crippen molar-refractivity contribution in [3.8, 4) is 5.75 Å². The number of carbonyl (C=O) groups excluding carboxylic acids is 2. The van der Waals surface area contributed by atoms with E-state index in [1.165, 1.54) is 12.1 Å². The lowest BCUT2D eigenvalue weighted by atomic mass is 10.0. The quantitative estimate of drug-likeness (QED) is 0.852. The van der Waals surface area contributed by atoms with Gasteiger partial charge in [0.25, 0.3) is 11.8 Å². The number of hydrogen-bond donors (Lipinski definition) is 2. The number of hydrogen-bond acceptors (Lipinski definition) is 4. The number of anilines is 1. The van der Waals surface area contributed by atoms with Crippen LogP contribution in [0.25, 0.3) is 0 Å². The maximum absolute atomic E-state index is 13.7. The maximum Gasteiger partial charge on any atom is 0.265 e. The molecule has 6 nitrogen and oxygen atoms in total. The molecule has 7 heteroatoms. The molecule has 2 amide bonds. The minimum absolute atomic E-state index is 0.203. The summed E-state index contributed by atoms with van der Waals surface area (Å²) in [4.78, 5) is 26.9. The standard InChI is InChI=1S/C20H20FN3O3/c1-12-19(25)23-16-7-3-6-15(18(16)27-12)20(26)24-9-8-22-11-17(24)13-4-2-5-14(21)10-13/h2-7,10,12,17,22H,8-9,11H2,1H3,(H,23,25). The third-order valence-electron chi connectivity index (χ3n) is 4.90. The summed E-state index contributed by atoms with van der Waals surface area (Å²) in [5, 5.41) is 6.02. The molecular weight excluding hydrogens is 349 g/mol. The van der Waals surface area contributed by atoms with Gasteiger partial charge in [-0.3, -0.25) is 9.59 Å². The largest absolute Gasteiger partial charge is 0.478 e. The van der Waals surface area contributed by atoms with Crippen LogP contribution in [0.1, 0.15) is 28.9 Å². The van der Waals surface area contributed by atoms with E-state index in [9.17, 15) is 14.0 Å². The monoisotopic (exact) mass is 369 g/mol. The van der Waals surface area contributed by atoms with Gasteiger partial charge in [0, 0.05) is 19.6 Å². The summed E-state index contributed by atoms with van der Waals surface area (Å²) in [6.45, 7) is 3.32. The first-order valence-electron chi connectivity index (χ1n) is 8.92. The van der Waals surface area contributed by atoms with Crippen LogP contribution in [0.4, 0.5) is 10.1 Å². The average Bonchev–Trinajstić information content (AvgIpc) is 2.68. The summed E-state index contributed by atoms with van der Waals surface area (Å²) in [6.07, 6.45) is -0.673. The molecule has 0 aliphatic carbocycles. The van der Waals surface area contributed by atoms with Gasteiger partial charge in [0.1, 0.15) is 5.82 Å². The Hall–Kier alpha value is -2.93. The number of fused-ring (bicyclic) bond motifs is 1. The van der Waals surface area contributed by atoms with E-state index < -0.39 is 6.10 Å². The first kappa shape index (κ1) is 17.5. The number of rotatable bonds is 2. The molecule has 2 aromatic carbocycles. The van der Waals surface area contributed by atoms with Crippen LogP contribution >= 0.6 is 0 Å². The Labute approximate surface area is 156 Å². The summed E-state index contributed by atoms with van der Waals surface area (Å²) in [5.74, 6) is -0.397. The molecule has 140 valence electrons. The van der Waals surface area contributed by atoms with Crippen LogP contribution in [0.5, 0.6) is 5.75 Å². The van der Waals surface area contributed by atoms with Crippen molar-refractivity contribution in [3.05, 3.63) is 59.4 Å². The van der Waals surface area contributed by atoms with E-state index in [0.717, 1.165) is 5.56 Å². The van der Waals surface area contributed by atoms with Crippen LogP contribution < -0.4 is 15.4 Å². The van der Waals surface area contributed by atoms with E-state index >= 15 is 0 Å². The van der Waals surface area contributed by atoms with Crippen molar-refractivity contribution in [2.24, 2.45) is 0 Å². The molecular formula is C20H20FN3O3. The minimum Gasteiger partial charge on any atom is -0.478 e. The van der Waals surface area contributed by atoms with Crippen molar-refractivity contribution in [2.45, 2.75) is 19.1 Å². The molecule has 2 unspecified atom stereocenters. The highest BCUT2D eigenvalue weighted by molar-refractivity contribution is 6.04. The number of halogens is 1. The number of nitrogens with zero attached hydrogens (tertiary/aromatic N) is 1. The number of amides is 2. The first-order chi connectivity index (χ1) is 13.0. The normalized spacial score (nSPS) is 21.9. The fourth-order valence-corrected chi connectivity index (χ4v) is 3.51. The number of para-hydroxylation sites is 1. The van der Waals surface area contributed by atoms with Gasteiger partial charge in [-0.1, -0.05) is 18.2 Å². The predicted octanol–water partition coefficient (Wildman–Crippen LogP) is 2.33. The smallest absolute Gasteiger partial charge is 0.265 e. The lowest BCUT2D eigenvalue weighted by molar-refractivity contribution is -0.122. The number of benzene rings is 2. The number of ether oxygens (including phenoxy) is 1. The molecule has 2 N–H and O–H groups in total. The van der Waals surface area contributed by atoms with E-state index in [1.807, 2.05) is 6.07 Å². The summed E-state index contributed by atoms with van der Waals surface area (Å²) in [5.41, 5.74) is 1.62. The molecule has 0 bridgehead atoms. The second-order valence-corrected chi connectivity index (χ2v) is 6.71. The first-order valence-corrected chi connectivity index (χ1v) is 8.92. The van der Waals surface area contributed by atoms with E-state index in [1.54, 1.807) is 36.1 Å². The van der Waals surface area contributed by atoms with Crippen molar-refractivity contribution >= 4 is 17.5 Å². The van der Waals surface area contributed by atoms with Crippen LogP contribution in [0.15, 0.2) is 42.5 Å². The highest BCUT2D eigenvalue weighted by Crippen LogP contribution is 2.35. The van der Waals surface area contributed by atoms with Gasteiger partial charge >= 0.3 is 0 Å². The summed E-state index contributed by atoms with van der Waals surface area (Å²) < 4.78 is 19.4. The molecule has 0 spiro atoms. The van der Waals surface area contributed by atoms with E-state index in [0.29, 0.717) is 36.6 Å². The van der Waals surface area contributed by atoms with Crippen LogP contribution in [0.2, 0.25) is 0 Å². The second kappa shape index (κ2) is 7.00. The van der Waals surface area contributed by atoms with E-state index in [2.05, 4.69) is 10.6 Å². The van der Waals surface area contributed by atoms with Crippen molar-refractivity contribution in [1.82, 2.24) is 10.2 Å². The lowest BCUT2D eigenvalue weighted by Crippen LogP contribution is -2.49. The molecule has 1 fully saturated rings. The lowest BCUT2D eigenvalue weighted by Gasteiger charge is -2.37. The summed E-state index contributed by atoms with van der Waals surface area (Å²) >= 11 is 0. The molecule has 2 heterocycles. The highest BCUT2D eigenvalue weighted by atomic mass is 19.1. The Morgan fingerprint density at radius 2 is 2.07 bits per heavy atom. The Bertz CT molecular complexity index is 902. The molecule has 2 aromatic rings. The molecule has 0 radical (unpaired) electrons. The number of nitrogens with one attached hydrogen (secondary N) is 2. The highest BCUT2D eigenvalue weighted by Gasteiger charge is 2.33. The molecule has 2 atom stereocenters. The van der Waals surface area contributed by atoms with Crippen molar-refractivity contribution < 1.29 is 18.7 Å². The molecule has 0 aromatic heterocycles. The minimum atomic E-state index is -0.673. The van der Waals surface area contributed by atoms with Crippen molar-refractivity contribution in [3.63, 3.8) is 0 Å². The molecule has 0 saturated carbocycles. The van der Waals surface area contributed by atoms with Crippen LogP contribution in [-0.2, 0) is 4.79 Å². The van der Waals surface area contributed by atoms with Gasteiger partial charge < -0.3 is 20.3 Å². The second-order valence-electron chi connectivity index (χ2n) is 6.71. The summed E-state index contributed by atoms with van der Waals surface area (Å²) in [6, 6.07) is 11.1. The SMILES string of the molecule is CC1Oc2c(cccc2C(=O)N2CCNCC2c2cccc(F)c2)NC1=O. The summed E-state index contributed by atoms with van der Waals surface area (Å²) in [7, 11) is 0. The molecule has 2 aliphatic rings. The maximum atomic E-state index is 13.7. The van der Waals surface area contributed by atoms with Crippen molar-refractivity contribution in [1.29, 1.82) is 0 Å². The zero-order valence-corrected chi connectivity index (χ0v) is 14.9. The van der Waals surface area contributed by atoms with Gasteiger partial charge in [0.15, 0.2) is 11.9 Å². The van der Waals surface area contributed by atoms with Gasteiger partial charge in [-0.05, 0) is 36.8 Å². The van der Waals surface area contributed by atoms with Crippen LogP contribution in [0, 0.1) is 5.82 Å². The van der Waals surface area contributed by atoms with Gasteiger partial charge in [-0.25, -0.2) is 4.39 Å². The fraction of sp³-hybridized carbons (Fsp3) is 0.300. The Balaban J connectivity index is 1.69. The topological polar surface area (TPSA) is 70.7 Å². The zero-order chi connectivity index (χ0) is 19.0. The molecule has 27 heavy (non-hydrogen) atoms. The Morgan fingerprint density at radius 3 is 2.89 bits per heavy atom. The molecule has 1 saturated heterocycles. The Morgan fingerprint density at radius 1 is 1.26 bits per heavy atom. The van der Waals surface area contributed by atoms with Gasteiger partial charge in [-0.15, -0.1) is 0 Å². The zero-order valence-electron chi connectivity index (χ0n) is 14.9. The van der Waals surface area contributed by atoms with Gasteiger partial charge in [-0.2, -0.15) is 0 Å². The number of carbonyl (C=O) groups is 2. The van der Waals surface area contributed by atoms with Crippen molar-refractivity contribution in [2.75, 3.05) is 25.0 Å². The van der Waals surface area contributed by atoms with Gasteiger partial charge in [0.2, 0.25) is 0 Å². The van der Waals surface area contributed by atoms with Crippen LogP contribution in [0.3, 0.4) is 0 Å². The Kier molecular flexibility index (Phi) is 4.53. The van der Waals surface area contributed by atoms with E-state index in [-0.39, 0.29) is 23.7 Å². The molecule has 4 rings (SSSR count). The predicted molar refractivity (Wildman–Crippen MR) is 98.2 cm³/mol. The average molecular weight is 369 g/mol.